The van der Waals surface area contributed by atoms with Gasteiger partial charge in [-0.25, -0.2) is 4.68 Å². The van der Waals surface area contributed by atoms with Gasteiger partial charge in [-0.3, -0.25) is 14.5 Å². The molecule has 222 valence electrons. The lowest BCUT2D eigenvalue weighted by Crippen LogP contribution is -2.43. The zero-order valence-electron chi connectivity index (χ0n) is 25.3. The molecule has 0 N–H and O–H groups in total. The first-order chi connectivity index (χ1) is 21.3. The number of nitriles is 1. The number of aryl methyl sites for hydroxylation is 1. The van der Waals surface area contributed by atoms with Crippen LogP contribution >= 0.6 is 0 Å². The molecule has 0 atom stereocenters. The maximum absolute atomic E-state index is 13.9. The van der Waals surface area contributed by atoms with Gasteiger partial charge in [-0.1, -0.05) is 37.3 Å². The van der Waals surface area contributed by atoms with Crippen molar-refractivity contribution in [1.82, 2.24) is 14.7 Å². The highest BCUT2D eigenvalue weighted by atomic mass is 16.5. The fourth-order valence-electron chi connectivity index (χ4n) is 5.12. The van der Waals surface area contributed by atoms with Gasteiger partial charge in [-0.05, 0) is 91.9 Å². The van der Waals surface area contributed by atoms with Crippen molar-refractivity contribution in [2.75, 3.05) is 20.3 Å². The van der Waals surface area contributed by atoms with Crippen LogP contribution in [-0.4, -0.2) is 46.8 Å². The first kappa shape index (κ1) is 30.1. The zero-order chi connectivity index (χ0) is 31.2. The fraction of sp³-hybridized carbons (Fsp3) is 0.222. The van der Waals surface area contributed by atoms with E-state index in [-0.39, 0.29) is 17.7 Å². The molecule has 1 aromatic heterocycles. The second kappa shape index (κ2) is 13.3. The minimum absolute atomic E-state index is 0.0455. The van der Waals surface area contributed by atoms with E-state index in [1.54, 1.807) is 24.8 Å². The molecule has 0 bridgehead atoms. The smallest absolute Gasteiger partial charge is 0.271 e. The number of hydrogen-bond donors (Lipinski definition) is 0. The van der Waals surface area contributed by atoms with Gasteiger partial charge in [0.15, 0.2) is 0 Å². The van der Waals surface area contributed by atoms with Crippen molar-refractivity contribution >= 4 is 17.9 Å². The molecule has 8 nitrogen and oxygen atoms in total. The fourth-order valence-corrected chi connectivity index (χ4v) is 5.12. The van der Waals surface area contributed by atoms with Gasteiger partial charge in [-0.2, -0.15) is 10.4 Å². The second-order valence-corrected chi connectivity index (χ2v) is 10.6. The number of aromatic nitrogens is 2. The van der Waals surface area contributed by atoms with Crippen molar-refractivity contribution < 1.29 is 19.1 Å². The Hall–Kier alpha value is -5.42. The monoisotopic (exact) mass is 586 g/mol. The molecule has 2 heterocycles. The molecule has 1 aliphatic rings. The largest absolute Gasteiger partial charge is 0.497 e. The van der Waals surface area contributed by atoms with Crippen LogP contribution in [0, 0.1) is 18.3 Å². The molecule has 8 heteroatoms. The average molecular weight is 587 g/mol. The summed E-state index contributed by atoms with van der Waals surface area (Å²) in [6, 6.07) is 25.1. The summed E-state index contributed by atoms with van der Waals surface area (Å²) in [4.78, 5) is 28.3. The van der Waals surface area contributed by atoms with Crippen molar-refractivity contribution in [3.8, 4) is 34.5 Å². The third-order valence-electron chi connectivity index (χ3n) is 7.58. The predicted molar refractivity (Wildman–Crippen MR) is 169 cm³/mol. The summed E-state index contributed by atoms with van der Waals surface area (Å²) in [6.07, 6.45) is 4.95. The molecule has 0 radical (unpaired) electrons. The number of ether oxygens (including phenoxy) is 2. The van der Waals surface area contributed by atoms with E-state index in [1.807, 2.05) is 92.0 Å². The zero-order valence-corrected chi connectivity index (χ0v) is 25.3. The van der Waals surface area contributed by atoms with E-state index in [0.717, 1.165) is 45.2 Å². The number of hydrogen-bond acceptors (Lipinski definition) is 6. The third-order valence-corrected chi connectivity index (χ3v) is 7.58. The van der Waals surface area contributed by atoms with Crippen LogP contribution in [0.2, 0.25) is 0 Å². The number of methoxy groups -OCH3 is 1. The number of carbonyl (C=O) groups excluding carboxylic acids is 2. The Morgan fingerprint density at radius 1 is 0.977 bits per heavy atom. The normalized spacial score (nSPS) is 14.2. The number of nitrogens with zero attached hydrogens (tertiary/aromatic N) is 4. The lowest BCUT2D eigenvalue weighted by Gasteiger charge is -2.27. The Balaban J connectivity index is 1.56. The van der Waals surface area contributed by atoms with Gasteiger partial charge >= 0.3 is 0 Å². The van der Waals surface area contributed by atoms with Crippen molar-refractivity contribution in [3.63, 3.8) is 0 Å². The summed E-state index contributed by atoms with van der Waals surface area (Å²) in [5.74, 6) is 0.501. The Bertz CT molecular complexity index is 1790. The quantitative estimate of drug-likeness (QED) is 0.156. The van der Waals surface area contributed by atoms with Crippen LogP contribution in [0.1, 0.15) is 37.0 Å². The van der Waals surface area contributed by atoms with Gasteiger partial charge in [-0.15, -0.1) is 0 Å². The van der Waals surface area contributed by atoms with Gasteiger partial charge in [0.25, 0.3) is 11.8 Å². The predicted octanol–water partition coefficient (Wildman–Crippen LogP) is 6.48. The van der Waals surface area contributed by atoms with Crippen LogP contribution in [0.5, 0.6) is 11.5 Å². The molecule has 5 rings (SSSR count). The van der Waals surface area contributed by atoms with Crippen molar-refractivity contribution in [2.24, 2.45) is 0 Å². The molecule has 0 spiro atoms. The molecule has 3 aromatic carbocycles. The minimum Gasteiger partial charge on any atom is -0.497 e. The standard InChI is InChI=1S/C36H34N4O4/c1-5-19-44-33-16-13-27(20-24(33)2)34-28(23-40(38-34)29-9-7-6-8-10-29)21-31-25(3)32(22-37)36(42)39(35(31)41)18-17-26-11-14-30(43-4)15-12-26/h6-16,20-21,23H,5,17-19H2,1-4H3/b31-21+. The van der Waals surface area contributed by atoms with Gasteiger partial charge in [0.2, 0.25) is 0 Å². The van der Waals surface area contributed by atoms with Crippen LogP contribution in [0.4, 0.5) is 0 Å². The highest BCUT2D eigenvalue weighted by Gasteiger charge is 2.35. The van der Waals surface area contributed by atoms with E-state index in [0.29, 0.717) is 29.9 Å². The van der Waals surface area contributed by atoms with E-state index < -0.39 is 11.8 Å². The maximum Gasteiger partial charge on any atom is 0.271 e. The van der Waals surface area contributed by atoms with Crippen LogP contribution in [-0.2, 0) is 16.0 Å². The first-order valence-corrected chi connectivity index (χ1v) is 14.6. The SMILES string of the molecule is CCCOc1ccc(-c2nn(-c3ccccc3)cc2/C=C2/C(=O)N(CCc3ccc(OC)cc3)C(=O)C(C#N)=C2C)cc1C. The van der Waals surface area contributed by atoms with E-state index in [4.69, 9.17) is 14.6 Å². The molecular weight excluding hydrogens is 552 g/mol. The van der Waals surface area contributed by atoms with Gasteiger partial charge in [0, 0.05) is 29.4 Å². The summed E-state index contributed by atoms with van der Waals surface area (Å²) in [5.41, 5.74) is 5.54. The number of imide groups is 1. The van der Waals surface area contributed by atoms with Crippen molar-refractivity contribution in [1.29, 1.82) is 5.26 Å². The van der Waals surface area contributed by atoms with Crippen LogP contribution in [0.25, 0.3) is 23.0 Å². The van der Waals surface area contributed by atoms with E-state index in [2.05, 4.69) is 6.92 Å². The second-order valence-electron chi connectivity index (χ2n) is 10.6. The summed E-state index contributed by atoms with van der Waals surface area (Å²) in [5, 5.41) is 14.8. The molecule has 0 fully saturated rings. The van der Waals surface area contributed by atoms with E-state index >= 15 is 0 Å². The first-order valence-electron chi connectivity index (χ1n) is 14.6. The molecule has 0 unspecified atom stereocenters. The average Bonchev–Trinajstić information content (AvgIpc) is 3.47. The van der Waals surface area contributed by atoms with Gasteiger partial charge in [0.05, 0.1) is 25.1 Å². The van der Waals surface area contributed by atoms with Gasteiger partial charge < -0.3 is 9.47 Å². The van der Waals surface area contributed by atoms with E-state index in [1.165, 1.54) is 0 Å². The van der Waals surface area contributed by atoms with Crippen LogP contribution < -0.4 is 9.47 Å². The lowest BCUT2D eigenvalue weighted by molar-refractivity contribution is -0.140. The van der Waals surface area contributed by atoms with E-state index in [9.17, 15) is 14.9 Å². The number of carbonyl (C=O) groups is 2. The Morgan fingerprint density at radius 2 is 1.73 bits per heavy atom. The van der Waals surface area contributed by atoms with Crippen molar-refractivity contribution in [2.45, 2.75) is 33.6 Å². The number of amides is 2. The topological polar surface area (TPSA) is 97.4 Å². The molecule has 1 aliphatic heterocycles. The molecular formula is C36H34N4O4. The summed E-state index contributed by atoms with van der Waals surface area (Å²) >= 11 is 0. The molecule has 0 aliphatic carbocycles. The molecule has 0 saturated heterocycles. The van der Waals surface area contributed by atoms with Crippen LogP contribution in [0.3, 0.4) is 0 Å². The number of para-hydroxylation sites is 1. The minimum atomic E-state index is -0.584. The molecule has 4 aromatic rings. The number of benzene rings is 3. The molecule has 2 amide bonds. The van der Waals surface area contributed by atoms with Crippen molar-refractivity contribution in [3.05, 3.63) is 112 Å². The number of rotatable bonds is 10. The highest BCUT2D eigenvalue weighted by Crippen LogP contribution is 2.33. The summed E-state index contributed by atoms with van der Waals surface area (Å²) in [7, 11) is 1.60. The Morgan fingerprint density at radius 3 is 2.39 bits per heavy atom. The third kappa shape index (κ3) is 6.18. The summed E-state index contributed by atoms with van der Waals surface area (Å²) < 4.78 is 12.9. The Labute approximate surface area is 257 Å². The Kier molecular flexibility index (Phi) is 9.06. The highest BCUT2D eigenvalue weighted by molar-refractivity contribution is 6.19. The molecule has 44 heavy (non-hydrogen) atoms. The van der Waals surface area contributed by atoms with Crippen LogP contribution in [0.15, 0.2) is 95.7 Å². The lowest BCUT2D eigenvalue weighted by atomic mass is 9.93. The summed E-state index contributed by atoms with van der Waals surface area (Å²) in [6.45, 7) is 6.46. The maximum atomic E-state index is 13.9. The van der Waals surface area contributed by atoms with Gasteiger partial charge in [0.1, 0.15) is 23.1 Å². The molecule has 0 saturated carbocycles.